The van der Waals surface area contributed by atoms with Gasteiger partial charge < -0.3 is 19.5 Å². The molecule has 2 fully saturated rings. The molecule has 1 amide bonds. The quantitative estimate of drug-likeness (QED) is 0.593. The molecule has 3 aromatic carbocycles. The van der Waals surface area contributed by atoms with Gasteiger partial charge in [-0.05, 0) is 61.2 Å². The third-order valence-corrected chi connectivity index (χ3v) is 7.92. The van der Waals surface area contributed by atoms with Gasteiger partial charge in [0.2, 0.25) is 6.79 Å². The highest BCUT2D eigenvalue weighted by atomic mass is 16.7. The Labute approximate surface area is 212 Å². The second kappa shape index (κ2) is 9.60. The van der Waals surface area contributed by atoms with Crippen LogP contribution in [0.4, 0.5) is 0 Å². The molecule has 0 radical (unpaired) electrons. The fraction of sp³-hybridized carbons (Fsp3) is 0.367. The van der Waals surface area contributed by atoms with Crippen LogP contribution in [0, 0.1) is 6.92 Å². The molecule has 6 rings (SSSR count). The van der Waals surface area contributed by atoms with Crippen LogP contribution in [0.2, 0.25) is 0 Å². The lowest BCUT2D eigenvalue weighted by atomic mass is 9.74. The van der Waals surface area contributed by atoms with Crippen molar-refractivity contribution in [2.75, 3.05) is 33.0 Å². The number of aliphatic hydroxyl groups is 1. The molecule has 3 atom stereocenters. The lowest BCUT2D eigenvalue weighted by molar-refractivity contribution is -0.0606. The van der Waals surface area contributed by atoms with Gasteiger partial charge >= 0.3 is 0 Å². The Morgan fingerprint density at radius 2 is 1.75 bits per heavy atom. The predicted molar refractivity (Wildman–Crippen MR) is 138 cm³/mol. The van der Waals surface area contributed by atoms with Crippen LogP contribution < -0.4 is 9.47 Å². The summed E-state index contributed by atoms with van der Waals surface area (Å²) in [6.45, 7) is 4.77. The Morgan fingerprint density at radius 3 is 2.56 bits per heavy atom. The molecular weight excluding hydrogens is 452 g/mol. The van der Waals surface area contributed by atoms with Crippen molar-refractivity contribution < 1.29 is 19.4 Å². The molecule has 3 aliphatic rings. The van der Waals surface area contributed by atoms with E-state index in [1.807, 2.05) is 17.0 Å². The maximum atomic E-state index is 13.5. The minimum absolute atomic E-state index is 0.0242. The smallest absolute Gasteiger partial charge is 0.254 e. The third kappa shape index (κ3) is 4.14. The first kappa shape index (κ1) is 23.1. The van der Waals surface area contributed by atoms with Crippen LogP contribution in [0.25, 0.3) is 11.1 Å². The molecule has 0 aromatic heterocycles. The lowest BCUT2D eigenvalue weighted by Crippen LogP contribution is -2.67. The topological polar surface area (TPSA) is 62.2 Å². The number of benzene rings is 3. The number of hydrogen-bond acceptors (Lipinski definition) is 5. The summed E-state index contributed by atoms with van der Waals surface area (Å²) in [6, 6.07) is 23.0. The minimum Gasteiger partial charge on any atom is -0.454 e. The van der Waals surface area contributed by atoms with Gasteiger partial charge in [0.05, 0.1) is 6.61 Å². The highest BCUT2D eigenvalue weighted by molar-refractivity contribution is 5.95. The van der Waals surface area contributed by atoms with E-state index in [0.29, 0.717) is 23.6 Å². The van der Waals surface area contributed by atoms with Crippen molar-refractivity contribution in [1.29, 1.82) is 0 Å². The van der Waals surface area contributed by atoms with Crippen molar-refractivity contribution in [1.82, 2.24) is 9.80 Å². The summed E-state index contributed by atoms with van der Waals surface area (Å²) in [5.41, 5.74) is 5.50. The molecule has 3 heterocycles. The van der Waals surface area contributed by atoms with E-state index >= 15 is 0 Å². The van der Waals surface area contributed by atoms with Crippen molar-refractivity contribution in [2.45, 2.75) is 37.8 Å². The van der Waals surface area contributed by atoms with Gasteiger partial charge in [0.1, 0.15) is 0 Å². The Morgan fingerprint density at radius 1 is 0.944 bits per heavy atom. The summed E-state index contributed by atoms with van der Waals surface area (Å²) in [5.74, 6) is 1.53. The lowest BCUT2D eigenvalue weighted by Gasteiger charge is -2.57. The first-order valence-corrected chi connectivity index (χ1v) is 12.8. The minimum atomic E-state index is 0.0242. The molecule has 6 nitrogen and oxygen atoms in total. The maximum absolute atomic E-state index is 13.5. The van der Waals surface area contributed by atoms with Crippen LogP contribution in [-0.4, -0.2) is 65.9 Å². The summed E-state index contributed by atoms with van der Waals surface area (Å²) >= 11 is 0. The largest absolute Gasteiger partial charge is 0.454 e. The molecule has 3 aromatic rings. The van der Waals surface area contributed by atoms with E-state index in [9.17, 15) is 9.90 Å². The Balaban J connectivity index is 1.24. The zero-order valence-electron chi connectivity index (χ0n) is 20.6. The Bertz CT molecular complexity index is 1260. The number of amides is 1. The molecular formula is C30H32N2O4. The van der Waals surface area contributed by atoms with E-state index < -0.39 is 0 Å². The van der Waals surface area contributed by atoms with E-state index in [4.69, 9.17) is 9.47 Å². The normalized spacial score (nSPS) is 23.4. The number of carbonyl (C=O) groups excluding carboxylic acids is 1. The Kier molecular flexibility index (Phi) is 6.15. The van der Waals surface area contributed by atoms with Crippen LogP contribution in [0.15, 0.2) is 66.7 Å². The molecule has 0 unspecified atom stereocenters. The average molecular weight is 485 g/mol. The molecule has 6 heteroatoms. The zero-order chi connectivity index (χ0) is 24.6. The SMILES string of the molecule is Cc1cccc(-c2ccc([C@H]3[C@@H](CO)N4CCCCN(C(=O)c5ccc6c(c5)OCO6)C[C@@H]34)cc2)c1. The van der Waals surface area contributed by atoms with Crippen LogP contribution in [0.1, 0.15) is 40.2 Å². The number of aryl methyl sites for hydroxylation is 1. The van der Waals surface area contributed by atoms with Gasteiger partial charge in [-0.25, -0.2) is 0 Å². The number of nitrogens with zero attached hydrogens (tertiary/aromatic N) is 2. The van der Waals surface area contributed by atoms with Gasteiger partial charge in [-0.1, -0.05) is 54.1 Å². The molecule has 186 valence electrons. The number of ether oxygens (including phenoxy) is 2. The highest BCUT2D eigenvalue weighted by Gasteiger charge is 2.49. The predicted octanol–water partition coefficient (Wildman–Crippen LogP) is 4.46. The summed E-state index contributed by atoms with van der Waals surface area (Å²) in [4.78, 5) is 17.9. The highest BCUT2D eigenvalue weighted by Crippen LogP contribution is 2.42. The zero-order valence-corrected chi connectivity index (χ0v) is 20.6. The number of aliphatic hydroxyl groups excluding tert-OH is 1. The molecule has 0 aliphatic carbocycles. The second-order valence-corrected chi connectivity index (χ2v) is 10.1. The van der Waals surface area contributed by atoms with Gasteiger partial charge in [0.15, 0.2) is 11.5 Å². The third-order valence-electron chi connectivity index (χ3n) is 7.92. The summed E-state index contributed by atoms with van der Waals surface area (Å²) < 4.78 is 10.9. The fourth-order valence-corrected chi connectivity index (χ4v) is 6.06. The van der Waals surface area contributed by atoms with Crippen LogP contribution >= 0.6 is 0 Å². The summed E-state index contributed by atoms with van der Waals surface area (Å²) in [5, 5.41) is 10.3. The van der Waals surface area contributed by atoms with E-state index in [2.05, 4.69) is 60.4 Å². The number of hydrogen-bond donors (Lipinski definition) is 1. The maximum Gasteiger partial charge on any atom is 0.254 e. The van der Waals surface area contributed by atoms with Crippen molar-refractivity contribution >= 4 is 5.91 Å². The first-order chi connectivity index (χ1) is 17.6. The second-order valence-electron chi connectivity index (χ2n) is 10.1. The molecule has 0 bridgehead atoms. The fourth-order valence-electron chi connectivity index (χ4n) is 6.06. The Hall–Kier alpha value is -3.35. The monoisotopic (exact) mass is 484 g/mol. The van der Waals surface area contributed by atoms with Crippen LogP contribution in [-0.2, 0) is 0 Å². The van der Waals surface area contributed by atoms with Crippen molar-refractivity contribution in [2.24, 2.45) is 0 Å². The number of fused-ring (bicyclic) bond motifs is 2. The number of carbonyl (C=O) groups is 1. The van der Waals surface area contributed by atoms with E-state index in [1.54, 1.807) is 6.07 Å². The van der Waals surface area contributed by atoms with Crippen LogP contribution in [0.5, 0.6) is 11.5 Å². The van der Waals surface area contributed by atoms with Gasteiger partial charge in [-0.2, -0.15) is 0 Å². The van der Waals surface area contributed by atoms with Gasteiger partial charge in [-0.3, -0.25) is 9.69 Å². The average Bonchev–Trinajstić information content (AvgIpc) is 3.36. The van der Waals surface area contributed by atoms with Crippen molar-refractivity contribution in [3.05, 3.63) is 83.4 Å². The first-order valence-electron chi connectivity index (χ1n) is 12.8. The summed E-state index contributed by atoms with van der Waals surface area (Å²) in [6.07, 6.45) is 1.96. The molecule has 2 saturated heterocycles. The van der Waals surface area contributed by atoms with Gasteiger partial charge in [0, 0.05) is 36.7 Å². The van der Waals surface area contributed by atoms with Crippen molar-refractivity contribution in [3.8, 4) is 22.6 Å². The van der Waals surface area contributed by atoms with Gasteiger partial charge in [-0.15, -0.1) is 0 Å². The molecule has 3 aliphatic heterocycles. The van der Waals surface area contributed by atoms with Crippen LogP contribution in [0.3, 0.4) is 0 Å². The molecule has 0 saturated carbocycles. The summed E-state index contributed by atoms with van der Waals surface area (Å²) in [7, 11) is 0. The molecule has 36 heavy (non-hydrogen) atoms. The molecule has 0 spiro atoms. The van der Waals surface area contributed by atoms with Gasteiger partial charge in [0.25, 0.3) is 5.91 Å². The van der Waals surface area contributed by atoms with Crippen molar-refractivity contribution in [3.63, 3.8) is 0 Å². The van der Waals surface area contributed by atoms with E-state index in [1.165, 1.54) is 22.3 Å². The molecule has 1 N–H and O–H groups in total. The van der Waals surface area contributed by atoms with E-state index in [-0.39, 0.29) is 37.3 Å². The standard InChI is InChI=1S/C30H32N2O4/c1-20-5-4-6-23(15-20)21-7-9-22(10-8-21)29-25-17-31(13-2-3-14-32(25)26(29)18-33)30(34)24-11-12-27-28(16-24)36-19-35-27/h4-12,15-16,25-26,29,33H,2-3,13-14,17-19H2,1H3/t25-,26+,29+/m0/s1. The number of rotatable bonds is 4. The van der Waals surface area contributed by atoms with E-state index in [0.717, 1.165) is 25.9 Å².